The molecule has 0 atom stereocenters. The van der Waals surface area contributed by atoms with E-state index in [9.17, 15) is 10.1 Å². The molecule has 0 radical (unpaired) electrons. The van der Waals surface area contributed by atoms with Gasteiger partial charge in [0.1, 0.15) is 5.69 Å². The van der Waals surface area contributed by atoms with Gasteiger partial charge in [-0.3, -0.25) is 10.1 Å². The maximum absolute atomic E-state index is 11.2. The molecule has 0 amide bonds. The van der Waals surface area contributed by atoms with E-state index in [0.29, 0.717) is 30.9 Å². The van der Waals surface area contributed by atoms with Crippen LogP contribution in [0.1, 0.15) is 18.4 Å². The molecule has 0 spiro atoms. The fraction of sp³-hybridized carbons (Fsp3) is 0.571. The monoisotopic (exact) mass is 296 g/mol. The van der Waals surface area contributed by atoms with Crippen molar-refractivity contribution < 1.29 is 19.9 Å². The molecule has 1 aliphatic heterocycles. The van der Waals surface area contributed by atoms with Crippen LogP contribution in [0.2, 0.25) is 0 Å². The molecule has 1 aromatic carbocycles. The normalized spacial score (nSPS) is 16.2. The van der Waals surface area contributed by atoms with Crippen LogP contribution in [0, 0.1) is 10.1 Å². The first kappa shape index (κ1) is 15.7. The van der Waals surface area contributed by atoms with E-state index in [4.69, 9.17) is 14.9 Å². The maximum Gasteiger partial charge on any atom is 0.292 e. The zero-order valence-electron chi connectivity index (χ0n) is 11.8. The lowest BCUT2D eigenvalue weighted by molar-refractivity contribution is -0.384. The van der Waals surface area contributed by atoms with Crippen molar-refractivity contribution in [3.05, 3.63) is 33.9 Å². The predicted octanol–water partition coefficient (Wildman–Crippen LogP) is 1.06. The SMILES string of the molecule is O=[N+]([O-])c1cc(CO)ccc1N1CCC(OCCO)CC1. The van der Waals surface area contributed by atoms with Gasteiger partial charge in [0.25, 0.3) is 5.69 Å². The first-order valence-electron chi connectivity index (χ1n) is 7.01. The van der Waals surface area contributed by atoms with Gasteiger partial charge in [-0.05, 0) is 24.5 Å². The second-order valence-electron chi connectivity index (χ2n) is 5.02. The molecule has 2 rings (SSSR count). The van der Waals surface area contributed by atoms with Crippen molar-refractivity contribution in [2.45, 2.75) is 25.6 Å². The Balaban J connectivity index is 2.07. The van der Waals surface area contributed by atoms with Crippen molar-refractivity contribution in [2.24, 2.45) is 0 Å². The summed E-state index contributed by atoms with van der Waals surface area (Å²) in [4.78, 5) is 12.7. The highest BCUT2D eigenvalue weighted by Gasteiger charge is 2.25. The molecule has 1 heterocycles. The van der Waals surface area contributed by atoms with Gasteiger partial charge < -0.3 is 19.8 Å². The van der Waals surface area contributed by atoms with Crippen LogP contribution in [-0.2, 0) is 11.3 Å². The number of nitro groups is 1. The summed E-state index contributed by atoms with van der Waals surface area (Å²) in [5.41, 5.74) is 1.14. The number of anilines is 1. The van der Waals surface area contributed by atoms with Gasteiger partial charge in [0, 0.05) is 19.2 Å². The van der Waals surface area contributed by atoms with Crippen LogP contribution in [0.5, 0.6) is 0 Å². The number of piperidine rings is 1. The highest BCUT2D eigenvalue weighted by Crippen LogP contribution is 2.31. The van der Waals surface area contributed by atoms with Crippen LogP contribution in [-0.4, -0.2) is 47.5 Å². The standard InChI is InChI=1S/C14H20N2O5/c17-7-8-21-12-3-5-15(6-4-12)13-2-1-11(10-18)9-14(13)16(19)20/h1-2,9,12,17-18H,3-8,10H2. The molecule has 0 bridgehead atoms. The van der Waals surface area contributed by atoms with Crippen LogP contribution >= 0.6 is 0 Å². The van der Waals surface area contributed by atoms with E-state index < -0.39 is 4.92 Å². The molecule has 1 saturated heterocycles. The van der Waals surface area contributed by atoms with Gasteiger partial charge in [-0.2, -0.15) is 0 Å². The molecular weight excluding hydrogens is 276 g/mol. The van der Waals surface area contributed by atoms with Gasteiger partial charge in [-0.1, -0.05) is 6.07 Å². The van der Waals surface area contributed by atoms with Crippen LogP contribution < -0.4 is 4.90 Å². The zero-order valence-corrected chi connectivity index (χ0v) is 11.8. The Hall–Kier alpha value is -1.70. The quantitative estimate of drug-likeness (QED) is 0.602. The Morgan fingerprint density at radius 1 is 1.33 bits per heavy atom. The van der Waals surface area contributed by atoms with E-state index in [1.54, 1.807) is 12.1 Å². The summed E-state index contributed by atoms with van der Waals surface area (Å²) in [5, 5.41) is 29.0. The lowest BCUT2D eigenvalue weighted by Crippen LogP contribution is -2.37. The van der Waals surface area contributed by atoms with Gasteiger partial charge in [-0.25, -0.2) is 0 Å². The minimum absolute atomic E-state index is 0.00824. The van der Waals surface area contributed by atoms with Crippen molar-refractivity contribution in [1.29, 1.82) is 0 Å². The summed E-state index contributed by atoms with van der Waals surface area (Å²) >= 11 is 0. The molecule has 0 aliphatic carbocycles. The molecular formula is C14H20N2O5. The minimum atomic E-state index is -0.414. The predicted molar refractivity (Wildman–Crippen MR) is 77.3 cm³/mol. The Labute approximate surface area is 122 Å². The third-order valence-corrected chi connectivity index (χ3v) is 3.65. The van der Waals surface area contributed by atoms with Crippen LogP contribution in [0.4, 0.5) is 11.4 Å². The van der Waals surface area contributed by atoms with Crippen LogP contribution in [0.15, 0.2) is 18.2 Å². The average molecular weight is 296 g/mol. The molecule has 0 saturated carbocycles. The molecule has 1 aromatic rings. The Kier molecular flexibility index (Phi) is 5.49. The zero-order chi connectivity index (χ0) is 15.2. The highest BCUT2D eigenvalue weighted by molar-refractivity contribution is 5.64. The average Bonchev–Trinajstić information content (AvgIpc) is 2.52. The summed E-state index contributed by atoms with van der Waals surface area (Å²) < 4.78 is 5.49. The minimum Gasteiger partial charge on any atom is -0.394 e. The van der Waals surface area contributed by atoms with E-state index in [1.807, 2.05) is 4.90 Å². The Morgan fingerprint density at radius 2 is 2.05 bits per heavy atom. The van der Waals surface area contributed by atoms with Crippen molar-refractivity contribution in [1.82, 2.24) is 0 Å². The van der Waals surface area contributed by atoms with Crippen molar-refractivity contribution in [3.8, 4) is 0 Å². The summed E-state index contributed by atoms with van der Waals surface area (Å²) in [7, 11) is 0. The fourth-order valence-corrected chi connectivity index (χ4v) is 2.56. The molecule has 2 N–H and O–H groups in total. The molecule has 116 valence electrons. The van der Waals surface area contributed by atoms with E-state index in [1.165, 1.54) is 6.07 Å². The number of aliphatic hydroxyl groups is 2. The van der Waals surface area contributed by atoms with Crippen molar-refractivity contribution in [2.75, 3.05) is 31.2 Å². The summed E-state index contributed by atoms with van der Waals surface area (Å²) in [5.74, 6) is 0. The molecule has 0 unspecified atom stereocenters. The van der Waals surface area contributed by atoms with Gasteiger partial charge in [-0.15, -0.1) is 0 Å². The lowest BCUT2D eigenvalue weighted by Gasteiger charge is -2.33. The Morgan fingerprint density at radius 3 is 2.62 bits per heavy atom. The second-order valence-corrected chi connectivity index (χ2v) is 5.02. The smallest absolute Gasteiger partial charge is 0.292 e. The number of ether oxygens (including phenoxy) is 1. The first-order chi connectivity index (χ1) is 10.2. The molecule has 21 heavy (non-hydrogen) atoms. The van der Waals surface area contributed by atoms with Gasteiger partial charge >= 0.3 is 0 Å². The number of benzene rings is 1. The van der Waals surface area contributed by atoms with Crippen LogP contribution in [0.3, 0.4) is 0 Å². The highest BCUT2D eigenvalue weighted by atomic mass is 16.6. The third-order valence-electron chi connectivity index (χ3n) is 3.65. The number of aliphatic hydroxyl groups excluding tert-OH is 2. The molecule has 1 fully saturated rings. The lowest BCUT2D eigenvalue weighted by atomic mass is 10.1. The van der Waals surface area contributed by atoms with Gasteiger partial charge in [0.15, 0.2) is 0 Å². The van der Waals surface area contributed by atoms with Crippen molar-refractivity contribution >= 4 is 11.4 Å². The third kappa shape index (κ3) is 3.90. The first-order valence-corrected chi connectivity index (χ1v) is 7.01. The van der Waals surface area contributed by atoms with Gasteiger partial charge in [0.2, 0.25) is 0 Å². The summed E-state index contributed by atoms with van der Waals surface area (Å²) in [6.07, 6.45) is 1.65. The number of rotatable bonds is 6. The largest absolute Gasteiger partial charge is 0.394 e. The maximum atomic E-state index is 11.2. The van der Waals surface area contributed by atoms with Crippen molar-refractivity contribution in [3.63, 3.8) is 0 Å². The molecule has 1 aliphatic rings. The number of nitrogens with zero attached hydrogens (tertiary/aromatic N) is 2. The summed E-state index contributed by atoms with van der Waals surface area (Å²) in [6, 6.07) is 4.82. The van der Waals surface area contributed by atoms with E-state index in [0.717, 1.165) is 12.8 Å². The fourth-order valence-electron chi connectivity index (χ4n) is 2.56. The molecule has 7 heteroatoms. The van der Waals surface area contributed by atoms with E-state index in [2.05, 4.69) is 0 Å². The van der Waals surface area contributed by atoms with Gasteiger partial charge in [0.05, 0.1) is 30.8 Å². The number of nitro benzene ring substituents is 1. The van der Waals surface area contributed by atoms with E-state index >= 15 is 0 Å². The number of hydrogen-bond donors (Lipinski definition) is 2. The second kappa shape index (κ2) is 7.35. The number of hydrogen-bond acceptors (Lipinski definition) is 6. The van der Waals surface area contributed by atoms with Crippen LogP contribution in [0.25, 0.3) is 0 Å². The van der Waals surface area contributed by atoms with E-state index in [-0.39, 0.29) is 25.0 Å². The Bertz CT molecular complexity index is 486. The molecule has 7 nitrogen and oxygen atoms in total. The topological polar surface area (TPSA) is 96.1 Å². The summed E-state index contributed by atoms with van der Waals surface area (Å²) in [6.45, 7) is 1.48. The molecule has 0 aromatic heterocycles.